The number of pyridine rings is 1. The first-order valence-electron chi connectivity index (χ1n) is 24.0. The summed E-state index contributed by atoms with van der Waals surface area (Å²) < 4.78 is 2.27. The van der Waals surface area contributed by atoms with E-state index in [-0.39, 0.29) is 48.5 Å². The molecule has 0 radical (unpaired) electrons. The van der Waals surface area contributed by atoms with Crippen molar-refractivity contribution in [2.75, 3.05) is 0 Å². The minimum absolute atomic E-state index is 0. The van der Waals surface area contributed by atoms with Gasteiger partial charge in [0.2, 0.25) is 0 Å². The number of phenolic OH excluding ortho intramolecular Hbond substituents is 1. The van der Waals surface area contributed by atoms with Gasteiger partial charge in [0.25, 0.3) is 0 Å². The Hall–Kier alpha value is -6.35. The zero-order valence-electron chi connectivity index (χ0n) is 42.2. The molecule has 0 spiro atoms. The van der Waals surface area contributed by atoms with Crippen molar-refractivity contribution in [3.63, 3.8) is 0 Å². The number of imidazole rings is 1. The van der Waals surface area contributed by atoms with E-state index < -0.39 is 0 Å². The Morgan fingerprint density at radius 3 is 1.58 bits per heavy atom. The summed E-state index contributed by atoms with van der Waals surface area (Å²) in [5.41, 5.74) is 17.6. The van der Waals surface area contributed by atoms with Crippen LogP contribution < -0.4 is 0 Å². The molecule has 7 aromatic carbocycles. The van der Waals surface area contributed by atoms with Gasteiger partial charge in [-0.25, -0.2) is 4.98 Å². The minimum Gasteiger partial charge on any atom is -0.507 e. The van der Waals surface area contributed by atoms with Crippen LogP contribution in [0.4, 0.5) is 0 Å². The normalized spacial score (nSPS) is 12.3. The van der Waals surface area contributed by atoms with E-state index in [1.54, 1.807) is 0 Å². The van der Waals surface area contributed by atoms with Crippen LogP contribution in [0.3, 0.4) is 0 Å². The van der Waals surface area contributed by atoms with Crippen molar-refractivity contribution in [2.24, 2.45) is 0 Å². The van der Waals surface area contributed by atoms with Gasteiger partial charge in [-0.3, -0.25) is 9.55 Å². The summed E-state index contributed by atoms with van der Waals surface area (Å²) in [5, 5.41) is 12.6. The second kappa shape index (κ2) is 18.5. The van der Waals surface area contributed by atoms with Gasteiger partial charge in [0.1, 0.15) is 11.6 Å². The van der Waals surface area contributed by atoms with Gasteiger partial charge >= 0.3 is 0 Å². The van der Waals surface area contributed by atoms with Crippen molar-refractivity contribution in [2.45, 2.75) is 105 Å². The molecule has 9 rings (SSSR count). The second-order valence-electron chi connectivity index (χ2n) is 22.6. The number of benzene rings is 7. The Labute approximate surface area is 424 Å². The van der Waals surface area contributed by atoms with Gasteiger partial charge in [0.05, 0.1) is 16.6 Å². The van der Waals surface area contributed by atoms with Gasteiger partial charge in [0.15, 0.2) is 0 Å². The third kappa shape index (κ3) is 10.1. The smallest absolute Gasteiger partial charge is 0.148 e. The fourth-order valence-corrected chi connectivity index (χ4v) is 9.07. The van der Waals surface area contributed by atoms with Crippen LogP contribution in [0.2, 0.25) is 0 Å². The van der Waals surface area contributed by atoms with E-state index in [9.17, 15) is 5.11 Å². The predicted octanol–water partition coefficient (Wildman–Crippen LogP) is 17.1. The number of fused-ring (bicyclic) bond motifs is 1. The maximum atomic E-state index is 12.6. The number of aromatic nitrogens is 3. The van der Waals surface area contributed by atoms with Crippen molar-refractivity contribution < 1.29 is 26.2 Å². The van der Waals surface area contributed by atoms with Crippen molar-refractivity contribution in [1.82, 2.24) is 14.5 Å². The van der Waals surface area contributed by atoms with Crippen LogP contribution in [0.1, 0.15) is 105 Å². The summed E-state index contributed by atoms with van der Waals surface area (Å²) in [6, 6.07) is 60.2. The summed E-state index contributed by atoms with van der Waals surface area (Å²) in [6.07, 6.45) is 1.90. The number of hydrogen-bond acceptors (Lipinski definition) is 3. The van der Waals surface area contributed by atoms with E-state index in [4.69, 9.17) is 9.97 Å². The standard InChI is InChI=1S/C64H64N3O.Pt/c1-61(2,3)49-34-47(32-48(35-49)56-37-45(30-31-65-56)44-28-26-43(27-29-44)41-20-15-13-16-21-41)53-24-19-25-57-58(53)66-60(54-39-51(63(7,8)9)40-55(59(54)68)64(10,11)12)67(57)52-36-46(42-22-17-14-18-23-42)33-50(38-52)62(4,5)6;/h13-31,33-40,68H,1-12H3;/q-1;. The molecule has 0 saturated heterocycles. The monoisotopic (exact) mass is 1090 g/mol. The summed E-state index contributed by atoms with van der Waals surface area (Å²) in [7, 11) is 0. The zero-order valence-corrected chi connectivity index (χ0v) is 44.5. The molecule has 0 amide bonds. The van der Waals surface area contributed by atoms with E-state index in [0.29, 0.717) is 11.4 Å². The first kappa shape index (κ1) is 49.1. The third-order valence-corrected chi connectivity index (χ3v) is 13.2. The maximum absolute atomic E-state index is 12.6. The molecule has 0 unspecified atom stereocenters. The van der Waals surface area contributed by atoms with Gasteiger partial charge < -0.3 is 5.11 Å². The summed E-state index contributed by atoms with van der Waals surface area (Å²) >= 11 is 0. The zero-order chi connectivity index (χ0) is 48.3. The van der Waals surface area contributed by atoms with Crippen molar-refractivity contribution >= 4 is 11.0 Å². The van der Waals surface area contributed by atoms with Gasteiger partial charge in [-0.15, -0.1) is 29.3 Å². The SMILES string of the molecule is CC(C)(C)c1cc(-c2cc(-c3ccc(-c4ccccc4)cc3)ccn2)[c-]c(-c2cccc3c2nc(-c2cc(C(C)(C)C)cc(C(C)(C)C)c2O)n3-c2cc(-c3ccccc3)cc(C(C)(C)C)c2)c1.[Pt]. The first-order chi connectivity index (χ1) is 32.1. The van der Waals surface area contributed by atoms with Gasteiger partial charge in [-0.1, -0.05) is 209 Å². The molecule has 4 nitrogen and oxygen atoms in total. The van der Waals surface area contributed by atoms with Crippen LogP contribution in [-0.2, 0) is 42.7 Å². The summed E-state index contributed by atoms with van der Waals surface area (Å²) in [4.78, 5) is 10.6. The number of nitrogens with zero attached hydrogens (tertiary/aromatic N) is 3. The number of rotatable bonds is 7. The first-order valence-corrected chi connectivity index (χ1v) is 24.0. The molecule has 0 aliphatic heterocycles. The van der Waals surface area contributed by atoms with Crippen molar-refractivity contribution in [1.29, 1.82) is 0 Å². The Balaban J connectivity index is 0.00000642. The molecule has 0 bridgehead atoms. The number of para-hydroxylation sites is 1. The van der Waals surface area contributed by atoms with Crippen molar-refractivity contribution in [3.8, 4) is 78.6 Å². The Morgan fingerprint density at radius 2 is 0.986 bits per heavy atom. The predicted molar refractivity (Wildman–Crippen MR) is 287 cm³/mol. The molecular formula is C64H64N3OPt-. The number of aromatic hydroxyl groups is 1. The van der Waals surface area contributed by atoms with Crippen LogP contribution in [0, 0.1) is 6.07 Å². The fourth-order valence-electron chi connectivity index (χ4n) is 9.07. The molecule has 2 aromatic heterocycles. The maximum Gasteiger partial charge on any atom is 0.148 e. The molecule has 0 aliphatic rings. The Kier molecular flexibility index (Phi) is 13.2. The molecule has 1 N–H and O–H groups in total. The van der Waals surface area contributed by atoms with E-state index in [2.05, 4.69) is 245 Å². The van der Waals surface area contributed by atoms with Crippen LogP contribution >= 0.6 is 0 Å². The van der Waals surface area contributed by atoms with Crippen LogP contribution in [-0.4, -0.2) is 19.6 Å². The summed E-state index contributed by atoms with van der Waals surface area (Å²) in [6.45, 7) is 26.8. The number of phenols is 1. The number of hydrogen-bond donors (Lipinski definition) is 1. The van der Waals surface area contributed by atoms with Gasteiger partial charge in [-0.2, -0.15) is 0 Å². The van der Waals surface area contributed by atoms with Crippen LogP contribution in [0.15, 0.2) is 164 Å². The average molecular weight is 1090 g/mol. The average Bonchev–Trinajstić information content (AvgIpc) is 3.70. The molecule has 9 aromatic rings. The molecule has 0 aliphatic carbocycles. The van der Waals surface area contributed by atoms with Crippen molar-refractivity contribution in [3.05, 3.63) is 192 Å². The molecular weight excluding hydrogens is 1020 g/mol. The quantitative estimate of drug-likeness (QED) is 0.162. The Bertz CT molecular complexity index is 3300. The van der Waals surface area contributed by atoms with E-state index >= 15 is 0 Å². The molecule has 69 heavy (non-hydrogen) atoms. The van der Waals surface area contributed by atoms with Crippen LogP contribution in [0.25, 0.3) is 83.9 Å². The third-order valence-electron chi connectivity index (χ3n) is 13.2. The van der Waals surface area contributed by atoms with E-state index in [1.807, 2.05) is 12.3 Å². The van der Waals surface area contributed by atoms with Gasteiger partial charge in [0, 0.05) is 44.2 Å². The molecule has 0 saturated carbocycles. The molecule has 0 atom stereocenters. The van der Waals surface area contributed by atoms with E-state index in [0.717, 1.165) is 72.5 Å². The molecule has 2 heterocycles. The fraction of sp³-hybridized carbons (Fsp3) is 0.250. The molecule has 352 valence electrons. The minimum atomic E-state index is -0.329. The largest absolute Gasteiger partial charge is 0.507 e. The topological polar surface area (TPSA) is 50.9 Å². The van der Waals surface area contributed by atoms with Gasteiger partial charge in [-0.05, 0) is 96.5 Å². The summed E-state index contributed by atoms with van der Waals surface area (Å²) in [5.74, 6) is 0.939. The Morgan fingerprint density at radius 1 is 0.449 bits per heavy atom. The molecule has 0 fully saturated rings. The van der Waals surface area contributed by atoms with Crippen LogP contribution in [0.5, 0.6) is 5.75 Å². The second-order valence-corrected chi connectivity index (χ2v) is 22.6. The van der Waals surface area contributed by atoms with E-state index in [1.165, 1.54) is 22.3 Å². The molecule has 5 heteroatoms.